The van der Waals surface area contributed by atoms with Gasteiger partial charge in [-0.25, -0.2) is 4.68 Å². The molecular formula is C24H29Cl2N5O2. The van der Waals surface area contributed by atoms with Crippen LogP contribution in [0.5, 0.6) is 0 Å². The lowest BCUT2D eigenvalue weighted by atomic mass is 10.2. The van der Waals surface area contributed by atoms with Crippen LogP contribution in [0.3, 0.4) is 0 Å². The van der Waals surface area contributed by atoms with Gasteiger partial charge < -0.3 is 10.2 Å². The first-order valence-electron chi connectivity index (χ1n) is 11.3. The van der Waals surface area contributed by atoms with Gasteiger partial charge in [-0.3, -0.25) is 14.5 Å². The van der Waals surface area contributed by atoms with Gasteiger partial charge in [-0.05, 0) is 50.5 Å². The van der Waals surface area contributed by atoms with Crippen molar-refractivity contribution in [3.63, 3.8) is 0 Å². The second kappa shape index (κ2) is 10.3. The first kappa shape index (κ1) is 23.8. The van der Waals surface area contributed by atoms with Gasteiger partial charge >= 0.3 is 0 Å². The molecule has 0 bridgehead atoms. The van der Waals surface area contributed by atoms with Gasteiger partial charge in [-0.1, -0.05) is 35.3 Å². The highest BCUT2D eigenvalue weighted by Crippen LogP contribution is 2.23. The van der Waals surface area contributed by atoms with Crippen LogP contribution in [-0.4, -0.2) is 69.7 Å². The second-order valence-electron chi connectivity index (χ2n) is 8.73. The largest absolute Gasteiger partial charge is 0.352 e. The predicted octanol–water partition coefficient (Wildman–Crippen LogP) is 3.37. The van der Waals surface area contributed by atoms with E-state index >= 15 is 0 Å². The molecule has 1 aromatic heterocycles. The number of halogens is 2. The fourth-order valence-corrected chi connectivity index (χ4v) is 4.35. The van der Waals surface area contributed by atoms with Gasteiger partial charge in [0, 0.05) is 48.9 Å². The summed E-state index contributed by atoms with van der Waals surface area (Å²) in [6.45, 7) is 6.87. The zero-order valence-corrected chi connectivity index (χ0v) is 20.4. The molecule has 1 aliphatic carbocycles. The fraction of sp³-hybridized carbons (Fsp3) is 0.458. The molecular weight excluding hydrogens is 461 g/mol. The molecule has 1 aliphatic heterocycles. The van der Waals surface area contributed by atoms with E-state index in [0.29, 0.717) is 48.9 Å². The van der Waals surface area contributed by atoms with Crippen LogP contribution in [-0.2, 0) is 16.1 Å². The molecule has 1 unspecified atom stereocenters. The fourth-order valence-electron chi connectivity index (χ4n) is 3.93. The Bertz CT molecular complexity index is 1040. The van der Waals surface area contributed by atoms with Gasteiger partial charge in [-0.2, -0.15) is 5.10 Å². The Morgan fingerprint density at radius 3 is 2.45 bits per heavy atom. The lowest BCUT2D eigenvalue weighted by molar-refractivity contribution is -0.130. The molecule has 2 aliphatic rings. The monoisotopic (exact) mass is 489 g/mol. The molecule has 1 saturated heterocycles. The molecule has 176 valence electrons. The predicted molar refractivity (Wildman–Crippen MR) is 130 cm³/mol. The van der Waals surface area contributed by atoms with E-state index in [0.717, 1.165) is 29.7 Å². The summed E-state index contributed by atoms with van der Waals surface area (Å²) in [5.74, 6) is 0.0172. The summed E-state index contributed by atoms with van der Waals surface area (Å²) in [6, 6.07) is 7.72. The number of nitrogens with zero attached hydrogens (tertiary/aromatic N) is 4. The average Bonchev–Trinajstić information content (AvgIpc) is 3.58. The van der Waals surface area contributed by atoms with Gasteiger partial charge in [0.05, 0.1) is 18.3 Å². The van der Waals surface area contributed by atoms with Gasteiger partial charge in [0.2, 0.25) is 11.8 Å². The summed E-state index contributed by atoms with van der Waals surface area (Å²) >= 11 is 12.5. The van der Waals surface area contributed by atoms with Crippen LogP contribution in [0.15, 0.2) is 30.3 Å². The Labute approximate surface area is 204 Å². The number of carbonyl (C=O) groups excluding carboxylic acids is 2. The average molecular weight is 490 g/mol. The van der Waals surface area contributed by atoms with E-state index in [9.17, 15) is 9.59 Å². The van der Waals surface area contributed by atoms with Crippen molar-refractivity contribution < 1.29 is 9.59 Å². The molecule has 1 atom stereocenters. The standard InChI is InChI=1S/C24H29Cl2N5O2/c1-16-21(23(26)31(28-16)15-18-3-5-19(25)6-4-18)9-10-22(32)30-13-11-29(12-14-30)17(2)24(33)27-20-7-8-20/h3-6,9-10,17,20H,7-8,11-15H2,1-2H3,(H,27,33)/b10-9+. The lowest BCUT2D eigenvalue weighted by Crippen LogP contribution is -2.55. The normalized spacial score (nSPS) is 18.0. The summed E-state index contributed by atoms with van der Waals surface area (Å²) in [4.78, 5) is 29.0. The Balaban J connectivity index is 1.32. The van der Waals surface area contributed by atoms with Crippen LogP contribution in [0.2, 0.25) is 10.2 Å². The maximum atomic E-state index is 12.7. The van der Waals surface area contributed by atoms with E-state index in [1.54, 1.807) is 21.7 Å². The third-order valence-electron chi connectivity index (χ3n) is 6.22. The van der Waals surface area contributed by atoms with Crippen molar-refractivity contribution in [3.8, 4) is 0 Å². The van der Waals surface area contributed by atoms with Crippen LogP contribution >= 0.6 is 23.2 Å². The minimum Gasteiger partial charge on any atom is -0.352 e. The number of hydrogen-bond donors (Lipinski definition) is 1. The van der Waals surface area contributed by atoms with Crippen LogP contribution in [0.4, 0.5) is 0 Å². The first-order valence-corrected chi connectivity index (χ1v) is 12.1. The minimum absolute atomic E-state index is 0.0642. The molecule has 7 nitrogen and oxygen atoms in total. The minimum atomic E-state index is -0.175. The topological polar surface area (TPSA) is 70.5 Å². The van der Waals surface area contributed by atoms with E-state index in [-0.39, 0.29) is 17.9 Å². The number of rotatable bonds is 7. The number of benzene rings is 1. The Morgan fingerprint density at radius 1 is 1.15 bits per heavy atom. The van der Waals surface area contributed by atoms with E-state index in [4.69, 9.17) is 23.2 Å². The van der Waals surface area contributed by atoms with Crippen molar-refractivity contribution in [1.82, 2.24) is 24.9 Å². The number of aryl methyl sites for hydroxylation is 1. The highest BCUT2D eigenvalue weighted by molar-refractivity contribution is 6.31. The Kier molecular flexibility index (Phi) is 7.41. The summed E-state index contributed by atoms with van der Waals surface area (Å²) < 4.78 is 1.72. The van der Waals surface area contributed by atoms with Gasteiger partial charge in [0.15, 0.2) is 0 Å². The number of hydrogen-bond acceptors (Lipinski definition) is 4. The lowest BCUT2D eigenvalue weighted by Gasteiger charge is -2.37. The van der Waals surface area contributed by atoms with E-state index in [2.05, 4.69) is 15.3 Å². The van der Waals surface area contributed by atoms with Gasteiger partial charge in [0.25, 0.3) is 0 Å². The second-order valence-corrected chi connectivity index (χ2v) is 9.52. The van der Waals surface area contributed by atoms with Crippen molar-refractivity contribution >= 4 is 41.1 Å². The number of aromatic nitrogens is 2. The number of piperazine rings is 1. The zero-order valence-electron chi connectivity index (χ0n) is 18.9. The van der Waals surface area contributed by atoms with Crippen LogP contribution < -0.4 is 5.32 Å². The third kappa shape index (κ3) is 5.96. The third-order valence-corrected chi connectivity index (χ3v) is 6.88. The molecule has 2 heterocycles. The molecule has 9 heteroatoms. The Morgan fingerprint density at radius 2 is 1.82 bits per heavy atom. The Hall–Kier alpha value is -2.35. The molecule has 4 rings (SSSR count). The van der Waals surface area contributed by atoms with E-state index in [1.165, 1.54) is 0 Å². The SMILES string of the molecule is Cc1nn(Cc2ccc(Cl)cc2)c(Cl)c1/C=C/C(=O)N1CCN(C(C)C(=O)NC2CC2)CC1. The van der Waals surface area contributed by atoms with Gasteiger partial charge in [-0.15, -0.1) is 0 Å². The number of amides is 2. The molecule has 1 N–H and O–H groups in total. The first-order chi connectivity index (χ1) is 15.8. The number of nitrogens with one attached hydrogen (secondary N) is 1. The molecule has 2 amide bonds. The zero-order chi connectivity index (χ0) is 23.5. The number of carbonyl (C=O) groups is 2. The molecule has 0 spiro atoms. The van der Waals surface area contributed by atoms with Crippen LogP contribution in [0, 0.1) is 6.92 Å². The summed E-state index contributed by atoms with van der Waals surface area (Å²) in [5.41, 5.74) is 2.54. The highest BCUT2D eigenvalue weighted by atomic mass is 35.5. The summed E-state index contributed by atoms with van der Waals surface area (Å²) in [7, 11) is 0. The highest BCUT2D eigenvalue weighted by Gasteiger charge is 2.30. The van der Waals surface area contributed by atoms with E-state index < -0.39 is 0 Å². The van der Waals surface area contributed by atoms with Crippen molar-refractivity contribution in [3.05, 3.63) is 57.3 Å². The van der Waals surface area contributed by atoms with Crippen molar-refractivity contribution in [2.45, 2.75) is 45.3 Å². The molecule has 1 aromatic carbocycles. The van der Waals surface area contributed by atoms with Crippen LogP contribution in [0.25, 0.3) is 6.08 Å². The van der Waals surface area contributed by atoms with E-state index in [1.807, 2.05) is 38.1 Å². The summed E-state index contributed by atoms with van der Waals surface area (Å²) in [5, 5.41) is 8.75. The molecule has 2 fully saturated rings. The maximum absolute atomic E-state index is 12.7. The summed E-state index contributed by atoms with van der Waals surface area (Å²) in [6.07, 6.45) is 5.46. The molecule has 0 radical (unpaired) electrons. The van der Waals surface area contributed by atoms with Crippen molar-refractivity contribution in [1.29, 1.82) is 0 Å². The van der Waals surface area contributed by atoms with Crippen LogP contribution in [0.1, 0.15) is 36.6 Å². The molecule has 2 aromatic rings. The molecule has 1 saturated carbocycles. The van der Waals surface area contributed by atoms with Crippen molar-refractivity contribution in [2.75, 3.05) is 26.2 Å². The van der Waals surface area contributed by atoms with Gasteiger partial charge in [0.1, 0.15) is 5.15 Å². The smallest absolute Gasteiger partial charge is 0.246 e. The maximum Gasteiger partial charge on any atom is 0.246 e. The molecule has 33 heavy (non-hydrogen) atoms. The quantitative estimate of drug-likeness (QED) is 0.605. The van der Waals surface area contributed by atoms with Crippen molar-refractivity contribution in [2.24, 2.45) is 0 Å².